The largest absolute Gasteiger partial charge is 0.419 e. The standard InChI is InChI=1S/C21H18ClF4N3O/c1-3-19(13-4-9-18(23)17(10-13)21(24,25)26)29-20(30)16(11-27)12(2)28-15-7-5-14(22)6-8-15/h3-11,19H,1,27H2,2H3,(H,29,30)/t19-/m0/s1. The number of carbonyl (C=O) groups is 1. The van der Waals surface area contributed by atoms with E-state index in [1.54, 1.807) is 31.2 Å². The first-order valence-corrected chi connectivity index (χ1v) is 8.97. The number of carbonyl (C=O) groups excluding carboxylic acids is 1. The van der Waals surface area contributed by atoms with Gasteiger partial charge in [0, 0.05) is 11.2 Å². The van der Waals surface area contributed by atoms with Crippen molar-refractivity contribution in [3.8, 4) is 0 Å². The third kappa shape index (κ3) is 5.70. The number of nitrogens with zero attached hydrogens (tertiary/aromatic N) is 1. The van der Waals surface area contributed by atoms with E-state index in [2.05, 4.69) is 16.9 Å². The molecule has 0 bridgehead atoms. The maximum absolute atomic E-state index is 13.5. The molecule has 9 heteroatoms. The van der Waals surface area contributed by atoms with Crippen molar-refractivity contribution in [1.82, 2.24) is 5.32 Å². The summed E-state index contributed by atoms with van der Waals surface area (Å²) in [4.78, 5) is 16.9. The van der Waals surface area contributed by atoms with Gasteiger partial charge in [-0.15, -0.1) is 6.58 Å². The molecule has 2 aromatic carbocycles. The molecular weight excluding hydrogens is 422 g/mol. The van der Waals surface area contributed by atoms with Gasteiger partial charge in [0.25, 0.3) is 5.91 Å². The van der Waals surface area contributed by atoms with Crippen LogP contribution >= 0.6 is 11.6 Å². The SMILES string of the molecule is C=C[C@H](NC(=O)C(=CN)C(C)=Nc1ccc(Cl)cc1)c1ccc(F)c(C(F)(F)F)c1. The molecule has 30 heavy (non-hydrogen) atoms. The van der Waals surface area contributed by atoms with E-state index in [-0.39, 0.29) is 16.8 Å². The molecule has 0 aliphatic rings. The van der Waals surface area contributed by atoms with Gasteiger partial charge in [0.1, 0.15) is 5.82 Å². The summed E-state index contributed by atoms with van der Waals surface area (Å²) in [6.07, 6.45) is -2.61. The molecule has 0 radical (unpaired) electrons. The molecule has 1 atom stereocenters. The first-order chi connectivity index (χ1) is 14.1. The highest BCUT2D eigenvalue weighted by Gasteiger charge is 2.34. The van der Waals surface area contributed by atoms with Gasteiger partial charge in [-0.05, 0) is 48.9 Å². The fourth-order valence-electron chi connectivity index (χ4n) is 2.58. The number of hydrogen-bond donors (Lipinski definition) is 2. The molecule has 1 amide bonds. The van der Waals surface area contributed by atoms with Gasteiger partial charge in [-0.1, -0.05) is 23.7 Å². The van der Waals surface area contributed by atoms with E-state index >= 15 is 0 Å². The summed E-state index contributed by atoms with van der Waals surface area (Å²) < 4.78 is 52.5. The lowest BCUT2D eigenvalue weighted by Crippen LogP contribution is -2.31. The number of halogens is 5. The van der Waals surface area contributed by atoms with Crippen molar-refractivity contribution in [3.63, 3.8) is 0 Å². The first kappa shape index (κ1) is 23.2. The second-order valence-electron chi connectivity index (χ2n) is 6.18. The minimum Gasteiger partial charge on any atom is -0.404 e. The van der Waals surface area contributed by atoms with E-state index in [0.29, 0.717) is 22.8 Å². The van der Waals surface area contributed by atoms with Crippen LogP contribution in [0.2, 0.25) is 5.02 Å². The highest BCUT2D eigenvalue weighted by Crippen LogP contribution is 2.33. The number of benzene rings is 2. The Morgan fingerprint density at radius 3 is 2.40 bits per heavy atom. The Labute approximate surface area is 175 Å². The number of alkyl halides is 3. The number of nitrogens with one attached hydrogen (secondary N) is 1. The molecule has 0 fully saturated rings. The van der Waals surface area contributed by atoms with E-state index in [0.717, 1.165) is 12.3 Å². The number of aliphatic imine (C=N–C) groups is 1. The maximum atomic E-state index is 13.5. The molecule has 0 saturated heterocycles. The molecule has 2 aromatic rings. The van der Waals surface area contributed by atoms with Gasteiger partial charge in [0.2, 0.25) is 0 Å². The normalized spacial score (nSPS) is 13.7. The predicted molar refractivity (Wildman–Crippen MR) is 109 cm³/mol. The summed E-state index contributed by atoms with van der Waals surface area (Å²) >= 11 is 5.82. The molecule has 0 unspecified atom stereocenters. The molecule has 158 valence electrons. The third-order valence-electron chi connectivity index (χ3n) is 4.10. The van der Waals surface area contributed by atoms with E-state index in [9.17, 15) is 22.4 Å². The van der Waals surface area contributed by atoms with Crippen LogP contribution in [0.3, 0.4) is 0 Å². The molecule has 0 aliphatic carbocycles. The van der Waals surface area contributed by atoms with Crippen LogP contribution < -0.4 is 11.1 Å². The zero-order valence-corrected chi connectivity index (χ0v) is 16.6. The molecule has 0 aromatic heterocycles. The van der Waals surface area contributed by atoms with Crippen LogP contribution in [-0.4, -0.2) is 11.6 Å². The first-order valence-electron chi connectivity index (χ1n) is 8.60. The van der Waals surface area contributed by atoms with Gasteiger partial charge in [0.05, 0.1) is 28.6 Å². The Morgan fingerprint density at radius 2 is 1.87 bits per heavy atom. The van der Waals surface area contributed by atoms with Crippen molar-refractivity contribution < 1.29 is 22.4 Å². The summed E-state index contributed by atoms with van der Waals surface area (Å²) in [5.74, 6) is -2.09. The highest BCUT2D eigenvalue weighted by atomic mass is 35.5. The summed E-state index contributed by atoms with van der Waals surface area (Å²) in [5.41, 5.74) is 4.94. The summed E-state index contributed by atoms with van der Waals surface area (Å²) in [6.45, 7) is 5.08. The van der Waals surface area contributed by atoms with Crippen LogP contribution in [0.25, 0.3) is 0 Å². The molecule has 4 nitrogen and oxygen atoms in total. The van der Waals surface area contributed by atoms with Crippen LogP contribution in [0.15, 0.2) is 71.9 Å². The Balaban J connectivity index is 2.27. The van der Waals surface area contributed by atoms with Gasteiger partial charge in [-0.25, -0.2) is 4.39 Å². The molecule has 0 saturated carbocycles. The minimum atomic E-state index is -4.88. The average molecular weight is 440 g/mol. The summed E-state index contributed by atoms with van der Waals surface area (Å²) in [6, 6.07) is 7.97. The van der Waals surface area contributed by atoms with E-state index < -0.39 is 29.5 Å². The third-order valence-corrected chi connectivity index (χ3v) is 4.35. The Kier molecular flexibility index (Phi) is 7.39. The van der Waals surface area contributed by atoms with Gasteiger partial charge in [0.15, 0.2) is 0 Å². The van der Waals surface area contributed by atoms with Gasteiger partial charge in [-0.2, -0.15) is 13.2 Å². The van der Waals surface area contributed by atoms with Crippen molar-refractivity contribution in [3.05, 3.63) is 88.9 Å². The van der Waals surface area contributed by atoms with E-state index in [4.69, 9.17) is 17.3 Å². The van der Waals surface area contributed by atoms with Crippen LogP contribution in [0, 0.1) is 5.82 Å². The predicted octanol–water partition coefficient (Wildman–Crippen LogP) is 5.48. The van der Waals surface area contributed by atoms with Gasteiger partial charge >= 0.3 is 6.18 Å². The fourth-order valence-corrected chi connectivity index (χ4v) is 2.71. The maximum Gasteiger partial charge on any atom is 0.419 e. The quantitative estimate of drug-likeness (QED) is 0.271. The number of amides is 1. The number of hydrogen-bond acceptors (Lipinski definition) is 3. The van der Waals surface area contributed by atoms with Crippen molar-refractivity contribution in [2.24, 2.45) is 10.7 Å². The molecule has 0 spiro atoms. The fraction of sp³-hybridized carbons (Fsp3) is 0.143. The van der Waals surface area contributed by atoms with E-state index in [1.165, 1.54) is 6.08 Å². The second kappa shape index (κ2) is 9.58. The number of nitrogens with two attached hydrogens (primary N) is 1. The van der Waals surface area contributed by atoms with Crippen molar-refractivity contribution in [1.29, 1.82) is 0 Å². The molecular formula is C21H18ClF4N3O. The molecule has 0 aliphatic heterocycles. The topological polar surface area (TPSA) is 67.5 Å². The molecule has 3 N–H and O–H groups in total. The summed E-state index contributed by atoms with van der Waals surface area (Å²) in [7, 11) is 0. The van der Waals surface area contributed by atoms with Crippen LogP contribution in [0.5, 0.6) is 0 Å². The van der Waals surface area contributed by atoms with Crippen LogP contribution in [0.4, 0.5) is 23.2 Å². The lowest BCUT2D eigenvalue weighted by molar-refractivity contribution is -0.140. The summed E-state index contributed by atoms with van der Waals surface area (Å²) in [5, 5.41) is 3.03. The zero-order chi connectivity index (χ0) is 22.5. The smallest absolute Gasteiger partial charge is 0.404 e. The van der Waals surface area contributed by atoms with Gasteiger partial charge < -0.3 is 11.1 Å². The van der Waals surface area contributed by atoms with Gasteiger partial charge in [-0.3, -0.25) is 9.79 Å². The second-order valence-corrected chi connectivity index (χ2v) is 6.61. The Hall–Kier alpha value is -3.13. The average Bonchev–Trinajstić information content (AvgIpc) is 2.68. The lowest BCUT2D eigenvalue weighted by atomic mass is 10.0. The van der Waals surface area contributed by atoms with Crippen molar-refractivity contribution >= 4 is 28.9 Å². The lowest BCUT2D eigenvalue weighted by Gasteiger charge is -2.18. The van der Waals surface area contributed by atoms with Crippen LogP contribution in [0.1, 0.15) is 24.1 Å². The monoisotopic (exact) mass is 439 g/mol. The van der Waals surface area contributed by atoms with E-state index in [1.807, 2.05) is 0 Å². The Morgan fingerprint density at radius 1 is 1.23 bits per heavy atom. The molecule has 2 rings (SSSR count). The number of rotatable bonds is 6. The van der Waals surface area contributed by atoms with Crippen LogP contribution in [-0.2, 0) is 11.0 Å². The van der Waals surface area contributed by atoms with Crippen molar-refractivity contribution in [2.75, 3.05) is 0 Å². The highest BCUT2D eigenvalue weighted by molar-refractivity contribution is 6.30. The zero-order valence-electron chi connectivity index (χ0n) is 15.8. The van der Waals surface area contributed by atoms with Crippen molar-refractivity contribution in [2.45, 2.75) is 19.1 Å². The molecule has 0 heterocycles. The minimum absolute atomic E-state index is 0.00922. The Bertz CT molecular complexity index is 998.